The molecular weight excluding hydrogens is 390 g/mol. The summed E-state index contributed by atoms with van der Waals surface area (Å²) < 4.78 is 16.6. The molecule has 0 spiro atoms. The average Bonchev–Trinajstić information content (AvgIpc) is 3.07. The summed E-state index contributed by atoms with van der Waals surface area (Å²) in [6.45, 7) is 3.78. The molecule has 2 bridgehead atoms. The standard InChI is InChI=1S/C17H27N3O9/c1-7(16(26)20(4)5-11(22)23)18-15(25)8(2)28-14-12(19-9(3)21)17-27-6-10(29-17)13(14)24/h7-8,10,12-14,17,24H,5-6H2,1-4H3,(H,18,25)(H,19,21)(H,22,23)/t7-,8+,10+,12+,13+,14+,17+/m0/s1. The number of fused-ring (bicyclic) bond motifs is 2. The van der Waals surface area contributed by atoms with E-state index in [1.807, 2.05) is 0 Å². The van der Waals surface area contributed by atoms with Gasteiger partial charge in [-0.3, -0.25) is 19.2 Å². The SMILES string of the molecule is CC(=O)N[C@H]1[C@@H]2OC[C@@H](O2)[C@@H](O)[C@@H]1O[C@H](C)C(=O)N[C@@H](C)C(=O)N(C)CC(=O)O. The summed E-state index contributed by atoms with van der Waals surface area (Å²) in [5.74, 6) is -2.78. The molecule has 2 saturated heterocycles. The molecule has 0 aromatic rings. The van der Waals surface area contributed by atoms with Crippen LogP contribution in [0.1, 0.15) is 20.8 Å². The first kappa shape index (κ1) is 23.0. The Kier molecular flexibility index (Phi) is 7.52. The highest BCUT2D eigenvalue weighted by atomic mass is 16.7. The van der Waals surface area contributed by atoms with Crippen molar-refractivity contribution in [1.29, 1.82) is 0 Å². The number of carbonyl (C=O) groups is 4. The molecule has 0 radical (unpaired) electrons. The second-order valence-electron chi connectivity index (χ2n) is 7.15. The van der Waals surface area contributed by atoms with Gasteiger partial charge >= 0.3 is 5.97 Å². The van der Waals surface area contributed by atoms with Gasteiger partial charge in [-0.15, -0.1) is 0 Å². The molecule has 0 aromatic carbocycles. The van der Waals surface area contributed by atoms with Gasteiger partial charge in [-0.1, -0.05) is 0 Å². The zero-order chi connectivity index (χ0) is 21.9. The van der Waals surface area contributed by atoms with Crippen LogP contribution in [0.25, 0.3) is 0 Å². The normalized spacial score (nSPS) is 30.2. The lowest BCUT2D eigenvalue weighted by Crippen LogP contribution is -2.62. The van der Waals surface area contributed by atoms with Crippen LogP contribution in [0.2, 0.25) is 0 Å². The van der Waals surface area contributed by atoms with Crippen molar-refractivity contribution in [3.05, 3.63) is 0 Å². The Bertz CT molecular complexity index is 658. The fraction of sp³-hybridized carbons (Fsp3) is 0.765. The van der Waals surface area contributed by atoms with E-state index in [0.29, 0.717) is 0 Å². The number of aliphatic carboxylic acids is 1. The van der Waals surface area contributed by atoms with Crippen LogP contribution < -0.4 is 10.6 Å². The summed E-state index contributed by atoms with van der Waals surface area (Å²) >= 11 is 0. The monoisotopic (exact) mass is 417 g/mol. The van der Waals surface area contributed by atoms with Crippen molar-refractivity contribution in [2.75, 3.05) is 20.2 Å². The quantitative estimate of drug-likeness (QED) is 0.332. The van der Waals surface area contributed by atoms with E-state index in [2.05, 4.69) is 10.6 Å². The third-order valence-corrected chi connectivity index (χ3v) is 4.68. The van der Waals surface area contributed by atoms with E-state index in [0.717, 1.165) is 4.90 Å². The smallest absolute Gasteiger partial charge is 0.323 e. The lowest BCUT2D eigenvalue weighted by Gasteiger charge is -2.39. The minimum atomic E-state index is -1.18. The lowest BCUT2D eigenvalue weighted by atomic mass is 9.98. The highest BCUT2D eigenvalue weighted by molar-refractivity contribution is 5.90. The fourth-order valence-corrected chi connectivity index (χ4v) is 3.24. The molecule has 7 atom stereocenters. The van der Waals surface area contributed by atoms with Crippen LogP contribution in [0.3, 0.4) is 0 Å². The number of aliphatic hydroxyl groups is 1. The molecule has 3 amide bonds. The maximum Gasteiger partial charge on any atom is 0.323 e. The van der Waals surface area contributed by atoms with Gasteiger partial charge in [0, 0.05) is 14.0 Å². The number of aliphatic hydroxyl groups excluding tert-OH is 1. The third-order valence-electron chi connectivity index (χ3n) is 4.68. The Morgan fingerprint density at radius 1 is 1.28 bits per heavy atom. The minimum absolute atomic E-state index is 0.129. The Balaban J connectivity index is 1.98. The molecule has 12 nitrogen and oxygen atoms in total. The minimum Gasteiger partial charge on any atom is -0.480 e. The van der Waals surface area contributed by atoms with E-state index in [1.54, 1.807) is 0 Å². The predicted octanol–water partition coefficient (Wildman–Crippen LogP) is -2.57. The molecule has 4 N–H and O–H groups in total. The maximum absolute atomic E-state index is 12.4. The van der Waals surface area contributed by atoms with E-state index in [1.165, 1.54) is 27.8 Å². The zero-order valence-corrected chi connectivity index (χ0v) is 16.7. The van der Waals surface area contributed by atoms with Crippen LogP contribution in [-0.2, 0) is 33.4 Å². The van der Waals surface area contributed by atoms with Gasteiger partial charge in [-0.2, -0.15) is 0 Å². The molecule has 0 saturated carbocycles. The number of hydrogen-bond acceptors (Lipinski definition) is 8. The summed E-state index contributed by atoms with van der Waals surface area (Å²) in [5.41, 5.74) is 0. The number of carboxylic acid groups (broad SMARTS) is 1. The number of ether oxygens (including phenoxy) is 3. The molecule has 2 aliphatic heterocycles. The van der Waals surface area contributed by atoms with Crippen LogP contribution in [0.15, 0.2) is 0 Å². The zero-order valence-electron chi connectivity index (χ0n) is 16.7. The van der Waals surface area contributed by atoms with Gasteiger partial charge in [0.2, 0.25) is 17.7 Å². The second-order valence-corrected chi connectivity index (χ2v) is 7.15. The first-order valence-corrected chi connectivity index (χ1v) is 9.16. The van der Waals surface area contributed by atoms with Gasteiger partial charge < -0.3 is 40.0 Å². The van der Waals surface area contributed by atoms with Crippen LogP contribution in [-0.4, -0.2) is 102 Å². The van der Waals surface area contributed by atoms with Crippen molar-refractivity contribution in [3.8, 4) is 0 Å². The number of hydrogen-bond donors (Lipinski definition) is 4. The first-order chi connectivity index (χ1) is 13.5. The molecule has 2 aliphatic rings. The van der Waals surface area contributed by atoms with Crippen molar-refractivity contribution >= 4 is 23.7 Å². The number of nitrogens with one attached hydrogen (secondary N) is 2. The summed E-state index contributed by atoms with van der Waals surface area (Å²) in [5, 5.41) is 24.3. The van der Waals surface area contributed by atoms with Gasteiger partial charge in [0.05, 0.1) is 6.61 Å². The second kappa shape index (κ2) is 9.48. The third kappa shape index (κ3) is 5.63. The van der Waals surface area contributed by atoms with Gasteiger partial charge in [-0.25, -0.2) is 0 Å². The van der Waals surface area contributed by atoms with Crippen molar-refractivity contribution in [3.63, 3.8) is 0 Å². The van der Waals surface area contributed by atoms with Crippen LogP contribution >= 0.6 is 0 Å². The maximum atomic E-state index is 12.4. The summed E-state index contributed by atoms with van der Waals surface area (Å²) in [7, 11) is 1.31. The van der Waals surface area contributed by atoms with Crippen LogP contribution in [0, 0.1) is 0 Å². The number of rotatable bonds is 8. The van der Waals surface area contributed by atoms with E-state index < -0.39 is 67.1 Å². The van der Waals surface area contributed by atoms with E-state index in [9.17, 15) is 24.3 Å². The van der Waals surface area contributed by atoms with Gasteiger partial charge in [0.15, 0.2) is 6.29 Å². The first-order valence-electron chi connectivity index (χ1n) is 9.16. The largest absolute Gasteiger partial charge is 0.480 e. The van der Waals surface area contributed by atoms with E-state index in [-0.39, 0.29) is 12.5 Å². The molecule has 29 heavy (non-hydrogen) atoms. The molecular formula is C17H27N3O9. The van der Waals surface area contributed by atoms with Gasteiger partial charge in [-0.05, 0) is 13.8 Å². The van der Waals surface area contributed by atoms with Crippen molar-refractivity contribution in [2.24, 2.45) is 0 Å². The van der Waals surface area contributed by atoms with Crippen molar-refractivity contribution in [2.45, 2.75) is 63.6 Å². The highest BCUT2D eigenvalue weighted by Crippen LogP contribution is 2.30. The molecule has 2 heterocycles. The summed E-state index contributed by atoms with van der Waals surface area (Å²) in [6.07, 6.45) is -4.63. The number of nitrogens with zero attached hydrogens (tertiary/aromatic N) is 1. The van der Waals surface area contributed by atoms with E-state index in [4.69, 9.17) is 19.3 Å². The Morgan fingerprint density at radius 2 is 1.93 bits per heavy atom. The molecule has 0 aliphatic carbocycles. The molecule has 0 aromatic heterocycles. The highest BCUT2D eigenvalue weighted by Gasteiger charge is 2.52. The Labute approximate surface area is 167 Å². The molecule has 164 valence electrons. The molecule has 0 unspecified atom stereocenters. The lowest BCUT2D eigenvalue weighted by molar-refractivity contribution is -0.209. The Morgan fingerprint density at radius 3 is 2.52 bits per heavy atom. The number of carbonyl (C=O) groups excluding carboxylic acids is 3. The molecule has 2 rings (SSSR count). The Hall–Kier alpha value is -2.28. The summed E-state index contributed by atoms with van der Waals surface area (Å²) in [4.78, 5) is 47.8. The van der Waals surface area contributed by atoms with Crippen molar-refractivity contribution < 1.29 is 43.6 Å². The van der Waals surface area contributed by atoms with E-state index >= 15 is 0 Å². The van der Waals surface area contributed by atoms with Gasteiger partial charge in [0.25, 0.3) is 0 Å². The number of likely N-dealkylation sites (N-methyl/N-ethyl adjacent to an activating group) is 1. The summed E-state index contributed by atoms with van der Waals surface area (Å²) in [6, 6.07) is -1.81. The van der Waals surface area contributed by atoms with Crippen LogP contribution in [0.5, 0.6) is 0 Å². The fourth-order valence-electron chi connectivity index (χ4n) is 3.24. The van der Waals surface area contributed by atoms with Gasteiger partial charge in [0.1, 0.15) is 43.0 Å². The number of carboxylic acids is 1. The molecule has 2 fully saturated rings. The molecule has 12 heteroatoms. The number of amides is 3. The topological polar surface area (TPSA) is 164 Å². The average molecular weight is 417 g/mol. The van der Waals surface area contributed by atoms with Crippen molar-refractivity contribution in [1.82, 2.24) is 15.5 Å². The van der Waals surface area contributed by atoms with Crippen LogP contribution in [0.4, 0.5) is 0 Å². The predicted molar refractivity (Wildman–Crippen MR) is 95.4 cm³/mol.